The van der Waals surface area contributed by atoms with Gasteiger partial charge in [0.05, 0.1) is 12.5 Å². The quantitative estimate of drug-likeness (QED) is 0.839. The number of carbonyl (C=O) groups excluding carboxylic acids is 1. The highest BCUT2D eigenvalue weighted by Gasteiger charge is 2.49. The molecule has 2 amide bonds. The molecule has 1 saturated heterocycles. The van der Waals surface area contributed by atoms with Crippen LogP contribution in [0.2, 0.25) is 0 Å². The number of hydrogen-bond acceptors (Lipinski definition) is 3. The van der Waals surface area contributed by atoms with Crippen LogP contribution in [-0.4, -0.2) is 52.1 Å². The van der Waals surface area contributed by atoms with E-state index in [1.807, 2.05) is 6.07 Å². The smallest absolute Gasteiger partial charge is 0.329 e. The predicted molar refractivity (Wildman–Crippen MR) is 69.4 cm³/mol. The number of amides is 2. The summed E-state index contributed by atoms with van der Waals surface area (Å²) in [5.74, 6) is -0.942. The Hall–Kier alpha value is -1.77. The van der Waals surface area contributed by atoms with Gasteiger partial charge in [0.2, 0.25) is 0 Å². The molecule has 0 radical (unpaired) electrons. The zero-order chi connectivity index (χ0) is 14.6. The Kier molecular flexibility index (Phi) is 4.76. The van der Waals surface area contributed by atoms with Crippen LogP contribution in [0, 0.1) is 11.3 Å². The molecule has 1 heterocycles. The van der Waals surface area contributed by atoms with Crippen LogP contribution in [0.5, 0.6) is 0 Å². The van der Waals surface area contributed by atoms with E-state index in [-0.39, 0.29) is 18.5 Å². The van der Waals surface area contributed by atoms with Crippen LogP contribution in [0.15, 0.2) is 0 Å². The third kappa shape index (κ3) is 2.65. The molecule has 0 aromatic heterocycles. The normalized spacial score (nSPS) is 23.8. The largest absolute Gasteiger partial charge is 0.479 e. The van der Waals surface area contributed by atoms with Crippen molar-refractivity contribution in [2.75, 3.05) is 13.6 Å². The van der Waals surface area contributed by atoms with Crippen molar-refractivity contribution >= 4 is 12.0 Å². The van der Waals surface area contributed by atoms with Crippen LogP contribution in [0.4, 0.5) is 4.79 Å². The highest BCUT2D eigenvalue weighted by Crippen LogP contribution is 2.33. The van der Waals surface area contributed by atoms with Gasteiger partial charge < -0.3 is 14.9 Å². The molecule has 0 aliphatic carbocycles. The predicted octanol–water partition coefficient (Wildman–Crippen LogP) is 1.67. The fourth-order valence-electron chi connectivity index (χ4n) is 2.55. The first kappa shape index (κ1) is 15.3. The highest BCUT2D eigenvalue weighted by atomic mass is 16.4. The van der Waals surface area contributed by atoms with Crippen molar-refractivity contribution in [3.8, 4) is 6.07 Å². The van der Waals surface area contributed by atoms with Crippen molar-refractivity contribution in [1.29, 1.82) is 5.26 Å². The zero-order valence-corrected chi connectivity index (χ0v) is 11.7. The van der Waals surface area contributed by atoms with Gasteiger partial charge in [0.15, 0.2) is 0 Å². The molecular weight excluding hydrogens is 246 g/mol. The van der Waals surface area contributed by atoms with E-state index in [1.54, 1.807) is 20.9 Å². The van der Waals surface area contributed by atoms with Crippen molar-refractivity contribution < 1.29 is 14.7 Å². The maximum absolute atomic E-state index is 12.4. The van der Waals surface area contributed by atoms with Crippen LogP contribution in [0.1, 0.15) is 39.5 Å². The summed E-state index contributed by atoms with van der Waals surface area (Å²) >= 11 is 0. The lowest BCUT2D eigenvalue weighted by atomic mass is 9.93. The van der Waals surface area contributed by atoms with Crippen molar-refractivity contribution in [1.82, 2.24) is 9.80 Å². The topological polar surface area (TPSA) is 84.6 Å². The van der Waals surface area contributed by atoms with Crippen LogP contribution in [-0.2, 0) is 4.79 Å². The van der Waals surface area contributed by atoms with E-state index in [1.165, 1.54) is 9.80 Å². The number of nitrogens with zero attached hydrogens (tertiary/aromatic N) is 3. The lowest BCUT2D eigenvalue weighted by molar-refractivity contribution is -0.148. The molecule has 6 heteroatoms. The number of carboxylic acids is 1. The van der Waals surface area contributed by atoms with Crippen molar-refractivity contribution in [3.63, 3.8) is 0 Å². The van der Waals surface area contributed by atoms with Gasteiger partial charge in [-0.2, -0.15) is 5.26 Å². The van der Waals surface area contributed by atoms with E-state index in [0.717, 1.165) is 0 Å². The molecule has 0 bridgehead atoms. The van der Waals surface area contributed by atoms with E-state index in [9.17, 15) is 14.7 Å². The molecule has 1 N–H and O–H groups in total. The number of urea groups is 1. The minimum absolute atomic E-state index is 0.221. The van der Waals surface area contributed by atoms with Gasteiger partial charge in [-0.05, 0) is 26.2 Å². The Morgan fingerprint density at radius 2 is 2.21 bits per heavy atom. The maximum atomic E-state index is 12.4. The summed E-state index contributed by atoms with van der Waals surface area (Å²) in [5.41, 5.74) is -1.09. The van der Waals surface area contributed by atoms with Crippen LogP contribution in [0.25, 0.3) is 0 Å². The number of carboxylic acid groups (broad SMARTS) is 1. The fraction of sp³-hybridized carbons (Fsp3) is 0.769. The van der Waals surface area contributed by atoms with E-state index in [0.29, 0.717) is 25.8 Å². The molecule has 0 saturated carbocycles. The molecule has 0 aromatic rings. The van der Waals surface area contributed by atoms with Gasteiger partial charge in [-0.15, -0.1) is 0 Å². The lowest BCUT2D eigenvalue weighted by Crippen LogP contribution is -2.57. The Labute approximate surface area is 113 Å². The molecule has 0 aromatic carbocycles. The molecule has 2 atom stereocenters. The van der Waals surface area contributed by atoms with Gasteiger partial charge in [0.1, 0.15) is 5.54 Å². The summed E-state index contributed by atoms with van der Waals surface area (Å²) in [5, 5.41) is 18.1. The number of likely N-dealkylation sites (tertiary alicyclic amines) is 1. The minimum Gasteiger partial charge on any atom is -0.479 e. The molecule has 1 aliphatic rings. The van der Waals surface area contributed by atoms with Crippen LogP contribution < -0.4 is 0 Å². The summed E-state index contributed by atoms with van der Waals surface area (Å²) < 4.78 is 0. The van der Waals surface area contributed by atoms with Gasteiger partial charge in [0, 0.05) is 19.6 Å². The van der Waals surface area contributed by atoms with Gasteiger partial charge >= 0.3 is 12.0 Å². The molecule has 1 rings (SSSR count). The second kappa shape index (κ2) is 5.91. The standard InChI is InChI=1S/C13H21N3O3/c1-4-13(11(17)18)7-5-9-16(13)12(19)15(3)10(2)6-8-14/h10H,4-7,9H2,1-3H3,(H,17,18). The average molecular weight is 267 g/mol. The molecular formula is C13H21N3O3. The minimum atomic E-state index is -1.09. The van der Waals surface area contributed by atoms with Crippen molar-refractivity contribution in [2.45, 2.75) is 51.1 Å². The van der Waals surface area contributed by atoms with Gasteiger partial charge in [-0.3, -0.25) is 0 Å². The Morgan fingerprint density at radius 3 is 2.68 bits per heavy atom. The molecule has 6 nitrogen and oxygen atoms in total. The summed E-state index contributed by atoms with van der Waals surface area (Å²) in [6.45, 7) is 4.03. The SMILES string of the molecule is CCC1(C(=O)O)CCCN1C(=O)N(C)C(C)CC#N. The lowest BCUT2D eigenvalue weighted by Gasteiger charge is -2.37. The first-order valence-corrected chi connectivity index (χ1v) is 6.55. The maximum Gasteiger partial charge on any atom is 0.329 e. The fourth-order valence-corrected chi connectivity index (χ4v) is 2.55. The van der Waals surface area contributed by atoms with Gasteiger partial charge in [-0.25, -0.2) is 9.59 Å². The Balaban J connectivity index is 2.92. The van der Waals surface area contributed by atoms with Crippen molar-refractivity contribution in [2.24, 2.45) is 0 Å². The third-order valence-electron chi connectivity index (χ3n) is 4.05. The second-order valence-corrected chi connectivity index (χ2v) is 5.05. The van der Waals surface area contributed by atoms with Crippen LogP contribution in [0.3, 0.4) is 0 Å². The number of nitriles is 1. The van der Waals surface area contributed by atoms with E-state index >= 15 is 0 Å². The molecule has 0 spiro atoms. The van der Waals surface area contributed by atoms with Crippen LogP contribution >= 0.6 is 0 Å². The highest BCUT2D eigenvalue weighted by molar-refractivity contribution is 5.87. The number of carbonyl (C=O) groups is 2. The number of aliphatic carboxylic acids is 1. The molecule has 19 heavy (non-hydrogen) atoms. The summed E-state index contributed by atoms with van der Waals surface area (Å²) in [7, 11) is 1.62. The molecule has 1 fully saturated rings. The average Bonchev–Trinajstić information content (AvgIpc) is 2.82. The first-order chi connectivity index (χ1) is 8.90. The monoisotopic (exact) mass is 267 g/mol. The first-order valence-electron chi connectivity index (χ1n) is 6.55. The molecule has 2 unspecified atom stereocenters. The molecule has 1 aliphatic heterocycles. The second-order valence-electron chi connectivity index (χ2n) is 5.05. The Bertz CT molecular complexity index is 404. The summed E-state index contributed by atoms with van der Waals surface area (Å²) in [6, 6.07) is 1.50. The number of rotatable bonds is 4. The summed E-state index contributed by atoms with van der Waals surface area (Å²) in [4.78, 5) is 26.9. The van der Waals surface area contributed by atoms with Crippen molar-refractivity contribution in [3.05, 3.63) is 0 Å². The Morgan fingerprint density at radius 1 is 1.58 bits per heavy atom. The number of hydrogen-bond donors (Lipinski definition) is 1. The van der Waals surface area contributed by atoms with Gasteiger partial charge in [0.25, 0.3) is 0 Å². The van der Waals surface area contributed by atoms with E-state index in [2.05, 4.69) is 0 Å². The zero-order valence-electron chi connectivity index (χ0n) is 11.7. The summed E-state index contributed by atoms with van der Waals surface area (Å²) in [6.07, 6.45) is 1.83. The van der Waals surface area contributed by atoms with Gasteiger partial charge in [-0.1, -0.05) is 6.92 Å². The molecule has 106 valence electrons. The van der Waals surface area contributed by atoms with E-state index < -0.39 is 11.5 Å². The third-order valence-corrected chi connectivity index (χ3v) is 4.05. The van der Waals surface area contributed by atoms with E-state index in [4.69, 9.17) is 5.26 Å².